The molecule has 1 amide bonds. The number of hydrogen-bond donors (Lipinski definition) is 3. The van der Waals surface area contributed by atoms with Crippen LogP contribution in [0.15, 0.2) is 18.6 Å². The summed E-state index contributed by atoms with van der Waals surface area (Å²) in [6, 6.07) is 0. The summed E-state index contributed by atoms with van der Waals surface area (Å²) in [5, 5.41) is 12.2. The smallest absolute Gasteiger partial charge is 0.412 e. The third-order valence-corrected chi connectivity index (χ3v) is 2.09. The van der Waals surface area contributed by atoms with Gasteiger partial charge in [0.2, 0.25) is 0 Å². The zero-order chi connectivity index (χ0) is 12.8. The number of alkyl carbamates (subject to hydrolysis) is 1. The molecule has 3 N–H and O–H groups in total. The number of carbonyl (C=O) groups excluding carboxylic acids is 1. The maximum absolute atomic E-state index is 11.1. The number of H-pyrrole nitrogens is 1. The van der Waals surface area contributed by atoms with Gasteiger partial charge in [-0.1, -0.05) is 20.4 Å². The van der Waals surface area contributed by atoms with Crippen molar-refractivity contribution in [3.05, 3.63) is 24.2 Å². The SMILES string of the molecule is C=C(NC(=O)OCC)Nc1[nH]ncc1C(C)C. The third kappa shape index (κ3) is 3.82. The molecule has 0 saturated heterocycles. The molecule has 0 aliphatic rings. The molecule has 0 radical (unpaired) electrons. The van der Waals surface area contributed by atoms with Crippen molar-refractivity contribution >= 4 is 11.9 Å². The molecule has 1 aromatic rings. The second-order valence-electron chi connectivity index (χ2n) is 3.80. The van der Waals surface area contributed by atoms with Crippen molar-refractivity contribution in [2.45, 2.75) is 26.7 Å². The molecule has 94 valence electrons. The molecular formula is C11H18N4O2. The molecule has 1 aromatic heterocycles. The van der Waals surface area contributed by atoms with Gasteiger partial charge < -0.3 is 10.1 Å². The average molecular weight is 238 g/mol. The van der Waals surface area contributed by atoms with Gasteiger partial charge in [-0.3, -0.25) is 10.4 Å². The summed E-state index contributed by atoms with van der Waals surface area (Å²) in [6.07, 6.45) is 1.21. The third-order valence-electron chi connectivity index (χ3n) is 2.09. The zero-order valence-electron chi connectivity index (χ0n) is 10.3. The van der Waals surface area contributed by atoms with Crippen molar-refractivity contribution < 1.29 is 9.53 Å². The summed E-state index contributed by atoms with van der Waals surface area (Å²) in [5.74, 6) is 1.39. The van der Waals surface area contributed by atoms with E-state index in [1.807, 2.05) is 0 Å². The molecule has 6 heteroatoms. The van der Waals surface area contributed by atoms with Crippen LogP contribution in [0.4, 0.5) is 10.6 Å². The van der Waals surface area contributed by atoms with E-state index in [1.165, 1.54) is 0 Å². The maximum Gasteiger partial charge on any atom is 0.412 e. The van der Waals surface area contributed by atoms with Gasteiger partial charge in [0.15, 0.2) is 0 Å². The predicted molar refractivity (Wildman–Crippen MR) is 65.6 cm³/mol. The molecule has 1 rings (SSSR count). The van der Waals surface area contributed by atoms with Gasteiger partial charge in [0.05, 0.1) is 12.8 Å². The Morgan fingerprint density at radius 2 is 2.35 bits per heavy atom. The second kappa shape index (κ2) is 5.93. The largest absolute Gasteiger partial charge is 0.450 e. The van der Waals surface area contributed by atoms with Gasteiger partial charge >= 0.3 is 6.09 Å². The Hall–Kier alpha value is -1.98. The second-order valence-corrected chi connectivity index (χ2v) is 3.80. The molecule has 17 heavy (non-hydrogen) atoms. The highest BCUT2D eigenvalue weighted by Gasteiger charge is 2.10. The molecule has 0 spiro atoms. The molecule has 1 heterocycles. The minimum absolute atomic E-state index is 0.320. The summed E-state index contributed by atoms with van der Waals surface area (Å²) in [7, 11) is 0. The van der Waals surface area contributed by atoms with E-state index < -0.39 is 6.09 Å². The lowest BCUT2D eigenvalue weighted by atomic mass is 10.1. The molecule has 6 nitrogen and oxygen atoms in total. The molecule has 0 atom stereocenters. The van der Waals surface area contributed by atoms with Crippen LogP contribution in [0.25, 0.3) is 0 Å². The Labute approximate surface area is 100 Å². The highest BCUT2D eigenvalue weighted by atomic mass is 16.5. The van der Waals surface area contributed by atoms with E-state index in [4.69, 9.17) is 4.74 Å². The number of rotatable bonds is 5. The number of anilines is 1. The molecule has 0 bridgehead atoms. The van der Waals surface area contributed by atoms with Gasteiger partial charge in [0.25, 0.3) is 0 Å². The van der Waals surface area contributed by atoms with Crippen LogP contribution in [0, 0.1) is 0 Å². The summed E-state index contributed by atoms with van der Waals surface area (Å²) in [4.78, 5) is 11.1. The fourth-order valence-electron chi connectivity index (χ4n) is 1.31. The van der Waals surface area contributed by atoms with Crippen LogP contribution in [0.5, 0.6) is 0 Å². The topological polar surface area (TPSA) is 79.0 Å². The van der Waals surface area contributed by atoms with Crippen molar-refractivity contribution in [2.24, 2.45) is 0 Å². The van der Waals surface area contributed by atoms with Crippen LogP contribution in [0.2, 0.25) is 0 Å². The van der Waals surface area contributed by atoms with E-state index in [0.717, 1.165) is 11.4 Å². The van der Waals surface area contributed by atoms with Gasteiger partial charge in [-0.05, 0) is 12.8 Å². The van der Waals surface area contributed by atoms with E-state index in [0.29, 0.717) is 18.3 Å². The van der Waals surface area contributed by atoms with Crippen molar-refractivity contribution in [2.75, 3.05) is 11.9 Å². The molecule has 0 aromatic carbocycles. The van der Waals surface area contributed by atoms with Gasteiger partial charge in [-0.15, -0.1) is 0 Å². The van der Waals surface area contributed by atoms with Crippen molar-refractivity contribution in [1.29, 1.82) is 0 Å². The van der Waals surface area contributed by atoms with E-state index in [1.54, 1.807) is 13.1 Å². The number of aromatic amines is 1. The van der Waals surface area contributed by atoms with Gasteiger partial charge in [-0.2, -0.15) is 5.10 Å². The normalized spacial score (nSPS) is 10.1. The minimum Gasteiger partial charge on any atom is -0.450 e. The van der Waals surface area contributed by atoms with Crippen molar-refractivity contribution in [3.8, 4) is 0 Å². The fourth-order valence-corrected chi connectivity index (χ4v) is 1.31. The van der Waals surface area contributed by atoms with Gasteiger partial charge in [-0.25, -0.2) is 4.79 Å². The molecule has 0 aliphatic carbocycles. The molecule has 0 unspecified atom stereocenters. The number of amides is 1. The number of hydrogen-bond acceptors (Lipinski definition) is 4. The standard InChI is InChI=1S/C11H18N4O2/c1-5-17-11(16)14-8(4)13-10-9(7(2)3)6-12-15-10/h6-7H,4-5H2,1-3H3,(H,14,16)(H2,12,13,15). The van der Waals surface area contributed by atoms with Crippen molar-refractivity contribution in [3.63, 3.8) is 0 Å². The predicted octanol–water partition coefficient (Wildman–Crippen LogP) is 2.16. The lowest BCUT2D eigenvalue weighted by Crippen LogP contribution is -2.27. The molecule has 0 fully saturated rings. The highest BCUT2D eigenvalue weighted by molar-refractivity contribution is 5.70. The Morgan fingerprint density at radius 1 is 1.65 bits per heavy atom. The van der Waals surface area contributed by atoms with Crippen LogP contribution < -0.4 is 10.6 Å². The molecule has 0 aliphatic heterocycles. The Bertz CT molecular complexity index is 398. The molecular weight excluding hydrogens is 220 g/mol. The Kier molecular flexibility index (Phi) is 4.56. The van der Waals surface area contributed by atoms with Crippen LogP contribution in [-0.2, 0) is 4.74 Å². The first-order valence-electron chi connectivity index (χ1n) is 5.47. The average Bonchev–Trinajstić information content (AvgIpc) is 2.65. The lowest BCUT2D eigenvalue weighted by molar-refractivity contribution is 0.155. The highest BCUT2D eigenvalue weighted by Crippen LogP contribution is 2.21. The minimum atomic E-state index is -0.532. The number of carbonyl (C=O) groups is 1. The monoisotopic (exact) mass is 238 g/mol. The number of nitrogens with zero attached hydrogens (tertiary/aromatic N) is 1. The van der Waals surface area contributed by atoms with Crippen LogP contribution in [0.1, 0.15) is 32.3 Å². The summed E-state index contributed by atoms with van der Waals surface area (Å²) < 4.78 is 4.73. The fraction of sp³-hybridized carbons (Fsp3) is 0.455. The van der Waals surface area contributed by atoms with Crippen LogP contribution in [0.3, 0.4) is 0 Å². The van der Waals surface area contributed by atoms with E-state index in [-0.39, 0.29) is 0 Å². The Balaban J connectivity index is 2.56. The van der Waals surface area contributed by atoms with E-state index in [9.17, 15) is 4.79 Å². The van der Waals surface area contributed by atoms with E-state index in [2.05, 4.69) is 41.3 Å². The maximum atomic E-state index is 11.1. The first-order chi connectivity index (χ1) is 8.04. The van der Waals surface area contributed by atoms with Crippen LogP contribution in [-0.4, -0.2) is 22.9 Å². The summed E-state index contributed by atoms with van der Waals surface area (Å²) in [5.41, 5.74) is 1.02. The first-order valence-corrected chi connectivity index (χ1v) is 5.47. The zero-order valence-corrected chi connectivity index (χ0v) is 10.3. The number of ether oxygens (including phenoxy) is 1. The van der Waals surface area contributed by atoms with E-state index >= 15 is 0 Å². The lowest BCUT2D eigenvalue weighted by Gasteiger charge is -2.12. The van der Waals surface area contributed by atoms with Gasteiger partial charge in [0, 0.05) is 5.56 Å². The summed E-state index contributed by atoms with van der Waals surface area (Å²) >= 11 is 0. The quantitative estimate of drug-likeness (QED) is 0.734. The van der Waals surface area contributed by atoms with Crippen LogP contribution >= 0.6 is 0 Å². The molecule has 0 saturated carbocycles. The summed E-state index contributed by atoms with van der Waals surface area (Å²) in [6.45, 7) is 9.85. The number of nitrogens with one attached hydrogen (secondary N) is 3. The first kappa shape index (κ1) is 13.1. The van der Waals surface area contributed by atoms with Crippen molar-refractivity contribution in [1.82, 2.24) is 15.5 Å². The Morgan fingerprint density at radius 3 is 2.94 bits per heavy atom. The van der Waals surface area contributed by atoms with Gasteiger partial charge in [0.1, 0.15) is 11.6 Å². The number of aromatic nitrogens is 2.